The van der Waals surface area contributed by atoms with E-state index in [1.165, 1.54) is 77.0 Å². The number of allylic oxidation sites excluding steroid dienone is 12. The highest BCUT2D eigenvalue weighted by molar-refractivity contribution is 5.72. The van der Waals surface area contributed by atoms with Crippen LogP contribution in [0.15, 0.2) is 72.9 Å². The Kier molecular flexibility index (Phi) is 42.1. The van der Waals surface area contributed by atoms with E-state index < -0.39 is 18.1 Å². The summed E-state index contributed by atoms with van der Waals surface area (Å²) in [6.07, 6.45) is 56.6. The smallest absolute Gasteiger partial charge is 0.362 e. The highest BCUT2D eigenvalue weighted by Gasteiger charge is 2.31. The van der Waals surface area contributed by atoms with Crippen molar-refractivity contribution in [1.29, 1.82) is 0 Å². The molecule has 0 rings (SSSR count). The molecule has 0 bridgehead atoms. The summed E-state index contributed by atoms with van der Waals surface area (Å²) in [5, 5.41) is 9.65. The molecule has 0 fully saturated rings. The van der Waals surface area contributed by atoms with Gasteiger partial charge in [0.1, 0.15) is 6.61 Å². The highest BCUT2D eigenvalue weighted by Crippen LogP contribution is 2.14. The van der Waals surface area contributed by atoms with Gasteiger partial charge in [0.25, 0.3) is 0 Å². The Morgan fingerprint density at radius 2 is 0.903 bits per heavy atom. The number of rotatable bonds is 44. The third-order valence-electron chi connectivity index (χ3n) is 10.8. The number of ether oxygens (including phenoxy) is 3. The zero-order valence-electron chi connectivity index (χ0n) is 40.6. The van der Waals surface area contributed by atoms with Crippen molar-refractivity contribution in [2.75, 3.05) is 41.0 Å². The first-order valence-electron chi connectivity index (χ1n) is 25.0. The van der Waals surface area contributed by atoms with E-state index in [2.05, 4.69) is 86.8 Å². The van der Waals surface area contributed by atoms with E-state index in [4.69, 9.17) is 14.2 Å². The monoisotopic (exact) mass is 869 g/mol. The number of aliphatic carboxylic acids is 1. The van der Waals surface area contributed by atoms with Gasteiger partial charge in [-0.2, -0.15) is 0 Å². The lowest BCUT2D eigenvalue weighted by Gasteiger charge is -2.31. The maximum atomic E-state index is 12.8. The van der Waals surface area contributed by atoms with Crippen LogP contribution in [0.1, 0.15) is 200 Å². The predicted octanol–water partition coefficient (Wildman–Crippen LogP) is 14.3. The summed E-state index contributed by atoms with van der Waals surface area (Å²) < 4.78 is 17.3. The van der Waals surface area contributed by atoms with Crippen LogP contribution in [-0.4, -0.2) is 80.6 Å². The molecule has 0 aliphatic heterocycles. The van der Waals surface area contributed by atoms with Gasteiger partial charge in [0.2, 0.25) is 0 Å². The van der Waals surface area contributed by atoms with Gasteiger partial charge in [0.15, 0.2) is 12.1 Å². The normalized spacial score (nSPS) is 13.5. The summed E-state index contributed by atoms with van der Waals surface area (Å²) in [7, 11) is 5.52. The van der Waals surface area contributed by atoms with E-state index >= 15 is 0 Å². The van der Waals surface area contributed by atoms with Gasteiger partial charge in [-0.25, -0.2) is 4.79 Å². The summed E-state index contributed by atoms with van der Waals surface area (Å²) in [6, 6.07) is -0.621. The first-order valence-corrected chi connectivity index (χ1v) is 25.0. The van der Waals surface area contributed by atoms with E-state index in [-0.39, 0.29) is 36.2 Å². The zero-order valence-corrected chi connectivity index (χ0v) is 40.6. The van der Waals surface area contributed by atoms with Crippen LogP contribution in [0.25, 0.3) is 0 Å². The molecule has 8 heteroatoms. The Morgan fingerprint density at radius 1 is 0.500 bits per heavy atom. The van der Waals surface area contributed by atoms with Crippen molar-refractivity contribution in [2.24, 2.45) is 0 Å². The van der Waals surface area contributed by atoms with E-state index in [0.29, 0.717) is 19.3 Å². The van der Waals surface area contributed by atoms with Crippen molar-refractivity contribution in [3.8, 4) is 0 Å². The van der Waals surface area contributed by atoms with Crippen molar-refractivity contribution in [3.63, 3.8) is 0 Å². The second-order valence-electron chi connectivity index (χ2n) is 17.7. The Bertz CT molecular complexity index is 1240. The van der Waals surface area contributed by atoms with Gasteiger partial charge in [-0.05, 0) is 83.5 Å². The molecular weight excluding hydrogens is 775 g/mol. The molecule has 0 spiro atoms. The fraction of sp³-hybridized carbons (Fsp3) is 0.722. The van der Waals surface area contributed by atoms with E-state index in [1.54, 1.807) is 0 Å². The van der Waals surface area contributed by atoms with E-state index in [1.807, 2.05) is 21.1 Å². The summed E-state index contributed by atoms with van der Waals surface area (Å²) in [6.45, 7) is 4.58. The molecule has 0 saturated carbocycles. The molecule has 2 atom stereocenters. The standard InChI is InChI=1S/C54H93NO7/c1-6-8-10-12-14-16-18-20-22-24-25-26-27-28-29-31-32-34-36-38-40-42-44-52(56)61-49-50(48-60-47-46-51(54(58)59)55(3,4)5)62-53(57)45-43-41-39-37-35-33-30-23-21-19-17-15-13-11-9-7-2/h9,11,14-17,20-23,25-26,50-51H,6-8,10,12-13,18-19,24,27-49H2,1-5H3/p+1/b11-9+,16-14+,17-15+,22-20+,23-21+,26-25+. The van der Waals surface area contributed by atoms with Crippen LogP contribution in [-0.2, 0) is 28.6 Å². The quantitative estimate of drug-likeness (QED) is 0.0282. The lowest BCUT2D eigenvalue weighted by molar-refractivity contribution is -0.887. The van der Waals surface area contributed by atoms with Crippen molar-refractivity contribution in [3.05, 3.63) is 72.9 Å². The number of carbonyl (C=O) groups excluding carboxylic acids is 2. The van der Waals surface area contributed by atoms with Gasteiger partial charge in [0.05, 0.1) is 34.4 Å². The number of esters is 2. The summed E-state index contributed by atoms with van der Waals surface area (Å²) in [5.74, 6) is -1.49. The van der Waals surface area contributed by atoms with Gasteiger partial charge < -0.3 is 23.8 Å². The summed E-state index contributed by atoms with van der Waals surface area (Å²) >= 11 is 0. The Hall–Kier alpha value is -3.23. The van der Waals surface area contributed by atoms with Gasteiger partial charge in [-0.1, -0.05) is 170 Å². The van der Waals surface area contributed by atoms with Crippen molar-refractivity contribution < 1.29 is 38.2 Å². The van der Waals surface area contributed by atoms with E-state index in [0.717, 1.165) is 89.9 Å². The molecule has 0 amide bonds. The highest BCUT2D eigenvalue weighted by atomic mass is 16.6. The molecule has 0 aromatic rings. The maximum absolute atomic E-state index is 12.8. The minimum absolute atomic E-state index is 0.0510. The molecule has 0 aliphatic rings. The minimum Gasteiger partial charge on any atom is -0.477 e. The van der Waals surface area contributed by atoms with E-state index in [9.17, 15) is 19.5 Å². The van der Waals surface area contributed by atoms with Crippen molar-refractivity contribution >= 4 is 17.9 Å². The topological polar surface area (TPSA) is 99.1 Å². The molecule has 0 aromatic carbocycles. The van der Waals surface area contributed by atoms with Crippen LogP contribution in [0, 0.1) is 0 Å². The second-order valence-corrected chi connectivity index (χ2v) is 17.7. The Morgan fingerprint density at radius 3 is 1.34 bits per heavy atom. The predicted molar refractivity (Wildman–Crippen MR) is 261 cm³/mol. The van der Waals surface area contributed by atoms with Gasteiger partial charge in [-0.3, -0.25) is 9.59 Å². The lowest BCUT2D eigenvalue weighted by Crippen LogP contribution is -2.50. The minimum atomic E-state index is -0.880. The Balaban J connectivity index is 4.28. The van der Waals surface area contributed by atoms with Crippen LogP contribution in [0.3, 0.4) is 0 Å². The molecule has 0 radical (unpaired) electrons. The van der Waals surface area contributed by atoms with Crippen molar-refractivity contribution in [2.45, 2.75) is 212 Å². The first kappa shape index (κ1) is 58.8. The molecule has 356 valence electrons. The summed E-state index contributed by atoms with van der Waals surface area (Å²) in [4.78, 5) is 37.1. The van der Waals surface area contributed by atoms with Gasteiger partial charge in [0, 0.05) is 19.3 Å². The zero-order chi connectivity index (χ0) is 45.6. The lowest BCUT2D eigenvalue weighted by atomic mass is 10.1. The number of carboxylic acid groups (broad SMARTS) is 1. The second kappa shape index (κ2) is 44.4. The van der Waals surface area contributed by atoms with Crippen LogP contribution in [0.4, 0.5) is 0 Å². The number of likely N-dealkylation sites (N-methyl/N-ethyl adjacent to an activating group) is 1. The summed E-state index contributed by atoms with van der Waals surface area (Å²) in [5.41, 5.74) is 0. The molecule has 8 nitrogen and oxygen atoms in total. The number of carboxylic acids is 1. The van der Waals surface area contributed by atoms with Gasteiger partial charge in [-0.15, -0.1) is 0 Å². The van der Waals surface area contributed by atoms with Crippen molar-refractivity contribution in [1.82, 2.24) is 0 Å². The molecular formula is C54H94NO7+. The molecule has 2 unspecified atom stereocenters. The SMILES string of the molecule is CC/C=C/C/C=C/C/C=C/CCCCCCCCC(=O)OC(COCCC(C(=O)O)[N+](C)(C)C)COC(=O)CCCCCCCCCCC/C=C/C/C=C/C/C=C/CCCCC. The molecule has 0 aromatic heterocycles. The van der Waals surface area contributed by atoms with Crippen LogP contribution < -0.4 is 0 Å². The number of hydrogen-bond donors (Lipinski definition) is 1. The fourth-order valence-electron chi connectivity index (χ4n) is 6.99. The average Bonchev–Trinajstić information content (AvgIpc) is 3.23. The maximum Gasteiger partial charge on any atom is 0.362 e. The molecule has 1 N–H and O–H groups in total. The van der Waals surface area contributed by atoms with Gasteiger partial charge >= 0.3 is 17.9 Å². The molecule has 62 heavy (non-hydrogen) atoms. The number of carbonyl (C=O) groups is 3. The largest absolute Gasteiger partial charge is 0.477 e. The third kappa shape index (κ3) is 42.1. The molecule has 0 heterocycles. The number of nitrogens with zero attached hydrogens (tertiary/aromatic N) is 1. The molecule has 0 saturated heterocycles. The Labute approximate surface area is 381 Å². The van der Waals surface area contributed by atoms with Crippen LogP contribution in [0.2, 0.25) is 0 Å². The fourth-order valence-corrected chi connectivity index (χ4v) is 6.99. The first-order chi connectivity index (χ1) is 30.1. The number of hydrogen-bond acceptors (Lipinski definition) is 6. The molecule has 0 aliphatic carbocycles. The van der Waals surface area contributed by atoms with Crippen LogP contribution in [0.5, 0.6) is 0 Å². The average molecular weight is 869 g/mol. The third-order valence-corrected chi connectivity index (χ3v) is 10.8. The van der Waals surface area contributed by atoms with Crippen LogP contribution >= 0.6 is 0 Å². The number of unbranched alkanes of at least 4 members (excludes halogenated alkanes) is 18. The number of quaternary nitrogens is 1.